The van der Waals surface area contributed by atoms with E-state index < -0.39 is 5.54 Å². The Morgan fingerprint density at radius 2 is 1.80 bits per heavy atom. The van der Waals surface area contributed by atoms with Crippen LogP contribution in [0.25, 0.3) is 0 Å². The van der Waals surface area contributed by atoms with Gasteiger partial charge in [-0.05, 0) is 67.3 Å². The molecule has 8 heteroatoms. The monoisotopic (exact) mass is 547 g/mol. The lowest BCUT2D eigenvalue weighted by atomic mass is 9.81. The van der Waals surface area contributed by atoms with Crippen LogP contribution in [0.4, 0.5) is 4.79 Å². The molecule has 214 valence electrons. The second kappa shape index (κ2) is 11.4. The molecule has 3 heterocycles. The summed E-state index contributed by atoms with van der Waals surface area (Å²) in [6, 6.07) is 11.8. The molecule has 0 radical (unpaired) electrons. The molecule has 2 aromatic carbocycles. The van der Waals surface area contributed by atoms with Crippen molar-refractivity contribution in [3.8, 4) is 17.2 Å². The number of rotatable bonds is 7. The maximum absolute atomic E-state index is 13.9. The number of hydrogen-bond donors (Lipinski definition) is 0. The van der Waals surface area contributed by atoms with Crippen LogP contribution in [0.5, 0.6) is 17.2 Å². The molecular formula is C32H41N3O5. The van der Waals surface area contributed by atoms with Crippen LogP contribution in [0.15, 0.2) is 48.2 Å². The van der Waals surface area contributed by atoms with Gasteiger partial charge in [0.05, 0.1) is 26.3 Å². The van der Waals surface area contributed by atoms with Crippen molar-refractivity contribution in [2.24, 2.45) is 5.92 Å². The number of fused-ring (bicyclic) bond motifs is 3. The summed E-state index contributed by atoms with van der Waals surface area (Å²) in [5, 5.41) is 0. The Labute approximate surface area is 237 Å². The number of hydrogen-bond acceptors (Lipinski definition) is 5. The van der Waals surface area contributed by atoms with E-state index in [4.69, 9.17) is 14.2 Å². The van der Waals surface area contributed by atoms with Gasteiger partial charge in [-0.2, -0.15) is 0 Å². The van der Waals surface area contributed by atoms with Crippen molar-refractivity contribution in [3.63, 3.8) is 0 Å². The topological polar surface area (TPSA) is 71.5 Å². The van der Waals surface area contributed by atoms with Gasteiger partial charge in [0, 0.05) is 31.4 Å². The van der Waals surface area contributed by atoms with Crippen LogP contribution in [0.3, 0.4) is 0 Å². The van der Waals surface area contributed by atoms with Crippen LogP contribution in [0, 0.1) is 5.92 Å². The van der Waals surface area contributed by atoms with Crippen molar-refractivity contribution in [2.75, 3.05) is 40.5 Å². The number of carbonyl (C=O) groups is 2. The highest BCUT2D eigenvalue weighted by Crippen LogP contribution is 2.47. The van der Waals surface area contributed by atoms with Gasteiger partial charge in [-0.15, -0.1) is 0 Å². The molecule has 1 spiro atoms. The van der Waals surface area contributed by atoms with E-state index in [1.165, 1.54) is 0 Å². The molecule has 8 nitrogen and oxygen atoms in total. The van der Waals surface area contributed by atoms with Crippen LogP contribution in [0.1, 0.15) is 50.3 Å². The molecule has 0 saturated carbocycles. The van der Waals surface area contributed by atoms with Crippen molar-refractivity contribution in [3.05, 3.63) is 64.9 Å². The van der Waals surface area contributed by atoms with E-state index in [2.05, 4.69) is 19.9 Å². The molecule has 2 aromatic rings. The molecule has 2 fully saturated rings. The minimum absolute atomic E-state index is 0.0156. The zero-order valence-electron chi connectivity index (χ0n) is 24.4. The van der Waals surface area contributed by atoms with Gasteiger partial charge < -0.3 is 24.0 Å². The molecular weight excluding hydrogens is 506 g/mol. The quantitative estimate of drug-likeness (QED) is 0.486. The highest BCUT2D eigenvalue weighted by Gasteiger charge is 2.54. The van der Waals surface area contributed by atoms with Crippen LogP contribution >= 0.6 is 0 Å². The summed E-state index contributed by atoms with van der Waals surface area (Å²) in [6.07, 6.45) is 5.35. The van der Waals surface area contributed by atoms with Crippen molar-refractivity contribution in [1.29, 1.82) is 0 Å². The van der Waals surface area contributed by atoms with Gasteiger partial charge in [-0.1, -0.05) is 38.1 Å². The summed E-state index contributed by atoms with van der Waals surface area (Å²) in [5.41, 5.74) is 3.91. The molecule has 0 bridgehead atoms. The molecule has 2 saturated heterocycles. The summed E-state index contributed by atoms with van der Waals surface area (Å²) in [6.45, 7) is 8.58. The Bertz CT molecular complexity index is 1300. The predicted molar refractivity (Wildman–Crippen MR) is 154 cm³/mol. The van der Waals surface area contributed by atoms with Crippen molar-refractivity contribution in [2.45, 2.75) is 58.5 Å². The number of ether oxygens (including phenoxy) is 3. The Morgan fingerprint density at radius 1 is 1.05 bits per heavy atom. The number of nitrogens with zero attached hydrogens (tertiary/aromatic N) is 3. The number of urea groups is 1. The largest absolute Gasteiger partial charge is 0.497 e. The van der Waals surface area contributed by atoms with E-state index in [0.717, 1.165) is 52.5 Å². The Balaban J connectivity index is 1.37. The number of amides is 3. The fourth-order valence-electron chi connectivity index (χ4n) is 6.65. The molecule has 40 heavy (non-hydrogen) atoms. The first-order valence-electron chi connectivity index (χ1n) is 14.4. The van der Waals surface area contributed by atoms with Gasteiger partial charge in [0.15, 0.2) is 6.61 Å². The molecule has 0 N–H and O–H groups in total. The minimum atomic E-state index is -0.424. The highest BCUT2D eigenvalue weighted by molar-refractivity contribution is 5.83. The molecule has 0 aliphatic carbocycles. The van der Waals surface area contributed by atoms with E-state index >= 15 is 0 Å². The Kier molecular flexibility index (Phi) is 7.97. The Hall–Kier alpha value is -3.68. The number of benzene rings is 2. The number of likely N-dealkylation sites (N-methyl/N-ethyl adjacent to an activating group) is 1. The van der Waals surface area contributed by atoms with Crippen LogP contribution in [-0.4, -0.2) is 72.6 Å². The van der Waals surface area contributed by atoms with Crippen LogP contribution < -0.4 is 14.2 Å². The fourth-order valence-corrected chi connectivity index (χ4v) is 6.65. The second-order valence-electron chi connectivity index (χ2n) is 11.0. The van der Waals surface area contributed by atoms with E-state index in [-0.39, 0.29) is 24.5 Å². The minimum Gasteiger partial charge on any atom is -0.497 e. The van der Waals surface area contributed by atoms with Gasteiger partial charge >= 0.3 is 6.03 Å². The average Bonchev–Trinajstić information content (AvgIpc) is 3.16. The standard InChI is InChI=1S/C32H41N3O5/c1-6-23-10-8-9-11-27(23)40-21-30(36)33-14-12-32(13-15-33)29-17-22(3)16-26-24(18-25(38-4)19-28(26)39-5)20-34(29)31(37)35(32)7-2/h8-11,17-19,22H,6-7,12-16,20-21H2,1-5H3. The number of para-hydroxylation sites is 1. The summed E-state index contributed by atoms with van der Waals surface area (Å²) in [4.78, 5) is 32.9. The summed E-state index contributed by atoms with van der Waals surface area (Å²) in [5.74, 6) is 2.47. The van der Waals surface area contributed by atoms with Crippen molar-refractivity contribution < 1.29 is 23.8 Å². The third-order valence-corrected chi connectivity index (χ3v) is 8.74. The summed E-state index contributed by atoms with van der Waals surface area (Å²) in [7, 11) is 3.33. The number of likely N-dealkylation sites (tertiary alicyclic amines) is 1. The normalized spacial score (nSPS) is 19.9. The van der Waals surface area contributed by atoms with Gasteiger partial charge in [-0.3, -0.25) is 9.69 Å². The van der Waals surface area contributed by atoms with Crippen LogP contribution in [-0.2, 0) is 24.2 Å². The first-order chi connectivity index (χ1) is 19.3. The zero-order chi connectivity index (χ0) is 28.4. The predicted octanol–water partition coefficient (Wildman–Crippen LogP) is 5.04. The Morgan fingerprint density at radius 3 is 2.48 bits per heavy atom. The smallest absolute Gasteiger partial charge is 0.325 e. The number of piperidine rings is 1. The number of allylic oxidation sites excluding steroid dienone is 1. The van der Waals surface area contributed by atoms with E-state index in [1.54, 1.807) is 14.2 Å². The maximum atomic E-state index is 13.9. The number of carbonyl (C=O) groups excluding carboxylic acids is 2. The van der Waals surface area contributed by atoms with Crippen LogP contribution in [0.2, 0.25) is 0 Å². The molecule has 1 unspecified atom stereocenters. The third kappa shape index (κ3) is 4.88. The number of aryl methyl sites for hydroxylation is 1. The lowest BCUT2D eigenvalue weighted by molar-refractivity contribution is -0.135. The highest BCUT2D eigenvalue weighted by atomic mass is 16.5. The first kappa shape index (κ1) is 27.9. The first-order valence-corrected chi connectivity index (χ1v) is 14.4. The van der Waals surface area contributed by atoms with E-state index in [0.29, 0.717) is 39.0 Å². The molecule has 3 aliphatic rings. The van der Waals surface area contributed by atoms with Gasteiger partial charge in [0.25, 0.3) is 5.91 Å². The molecule has 3 aliphatic heterocycles. The fraction of sp³-hybridized carbons (Fsp3) is 0.500. The maximum Gasteiger partial charge on any atom is 0.325 e. The van der Waals surface area contributed by atoms with Gasteiger partial charge in [0.2, 0.25) is 0 Å². The third-order valence-electron chi connectivity index (χ3n) is 8.74. The van der Waals surface area contributed by atoms with E-state index in [9.17, 15) is 9.59 Å². The zero-order valence-corrected chi connectivity index (χ0v) is 24.4. The van der Waals surface area contributed by atoms with Gasteiger partial charge in [0.1, 0.15) is 17.2 Å². The molecule has 3 amide bonds. The van der Waals surface area contributed by atoms with Crippen molar-refractivity contribution >= 4 is 11.9 Å². The summed E-state index contributed by atoms with van der Waals surface area (Å²) < 4.78 is 17.2. The average molecular weight is 548 g/mol. The lowest BCUT2D eigenvalue weighted by Crippen LogP contribution is -2.55. The van der Waals surface area contributed by atoms with Gasteiger partial charge in [-0.25, -0.2) is 4.79 Å². The number of methoxy groups -OCH3 is 2. The van der Waals surface area contributed by atoms with Crippen molar-refractivity contribution in [1.82, 2.24) is 14.7 Å². The lowest BCUT2D eigenvalue weighted by Gasteiger charge is -2.44. The molecule has 1 atom stereocenters. The SMILES string of the molecule is CCc1ccccc1OCC(=O)N1CCC2(CC1)C1=CC(C)Cc3c(cc(OC)cc3OC)CN1C(=O)N2CC. The molecule has 5 rings (SSSR count). The molecule has 0 aromatic heterocycles. The van der Waals surface area contributed by atoms with E-state index in [1.807, 2.05) is 58.0 Å². The summed E-state index contributed by atoms with van der Waals surface area (Å²) >= 11 is 0. The second-order valence-corrected chi connectivity index (χ2v) is 11.0.